The summed E-state index contributed by atoms with van der Waals surface area (Å²) >= 11 is 0. The Labute approximate surface area is 158 Å². The normalized spacial score (nSPS) is 15.1. The molecule has 0 radical (unpaired) electrons. The summed E-state index contributed by atoms with van der Waals surface area (Å²) in [5, 5.41) is 14.3. The quantitative estimate of drug-likeness (QED) is 0.486. The molecular formula is C19H24N8. The molecule has 8 nitrogen and oxygen atoms in total. The van der Waals surface area contributed by atoms with Crippen molar-refractivity contribution < 1.29 is 0 Å². The average Bonchev–Trinajstić information content (AvgIpc) is 3.11. The Balaban J connectivity index is 1.59. The Morgan fingerprint density at radius 3 is 2.74 bits per heavy atom. The fourth-order valence-electron chi connectivity index (χ4n) is 3.00. The Hall–Kier alpha value is -3.13. The van der Waals surface area contributed by atoms with Gasteiger partial charge < -0.3 is 21.7 Å². The molecule has 0 aliphatic carbocycles. The van der Waals surface area contributed by atoms with Gasteiger partial charge in [0.25, 0.3) is 0 Å². The molecule has 2 aromatic heterocycles. The van der Waals surface area contributed by atoms with Gasteiger partial charge >= 0.3 is 0 Å². The fraction of sp³-hybridized carbons (Fsp3) is 0.316. The van der Waals surface area contributed by atoms with Gasteiger partial charge in [-0.15, -0.1) is 0 Å². The second kappa shape index (κ2) is 8.05. The number of benzene rings is 1. The molecule has 3 aromatic rings. The zero-order valence-electron chi connectivity index (χ0n) is 15.2. The van der Waals surface area contributed by atoms with Crippen LogP contribution in [0.3, 0.4) is 0 Å². The first-order valence-corrected chi connectivity index (χ1v) is 9.25. The zero-order chi connectivity index (χ0) is 18.5. The predicted octanol–water partition coefficient (Wildman–Crippen LogP) is 2.67. The maximum absolute atomic E-state index is 6.04. The highest BCUT2D eigenvalue weighted by molar-refractivity contribution is 5.69. The van der Waals surface area contributed by atoms with Crippen molar-refractivity contribution in [1.82, 2.24) is 25.1 Å². The summed E-state index contributed by atoms with van der Waals surface area (Å²) < 4.78 is 1.94. The topological polar surface area (TPSA) is 106 Å². The van der Waals surface area contributed by atoms with Gasteiger partial charge in [0.1, 0.15) is 0 Å². The summed E-state index contributed by atoms with van der Waals surface area (Å²) in [7, 11) is 0. The lowest BCUT2D eigenvalue weighted by molar-refractivity contribution is 0.536. The molecule has 2 aliphatic heterocycles. The highest BCUT2D eigenvalue weighted by atomic mass is 15.3. The minimum Gasteiger partial charge on any atom is -0.394 e. The second-order valence-corrected chi connectivity index (χ2v) is 6.64. The average molecular weight is 364 g/mol. The van der Waals surface area contributed by atoms with Gasteiger partial charge in [-0.1, -0.05) is 12.1 Å². The van der Waals surface area contributed by atoms with Gasteiger partial charge in [0, 0.05) is 18.4 Å². The van der Waals surface area contributed by atoms with Crippen molar-refractivity contribution in [3.05, 3.63) is 48.4 Å². The number of nitrogens with two attached hydrogens (primary N) is 1. The molecule has 0 saturated heterocycles. The van der Waals surface area contributed by atoms with Gasteiger partial charge in [-0.05, 0) is 50.0 Å². The second-order valence-electron chi connectivity index (χ2n) is 6.64. The molecule has 5 rings (SSSR count). The Kier molecular flexibility index (Phi) is 5.15. The molecule has 1 aromatic carbocycles. The predicted molar refractivity (Wildman–Crippen MR) is 107 cm³/mol. The van der Waals surface area contributed by atoms with Crippen LogP contribution in [0.5, 0.6) is 0 Å². The molecule has 5 N–H and O–H groups in total. The Morgan fingerprint density at radius 2 is 1.85 bits per heavy atom. The van der Waals surface area contributed by atoms with E-state index in [2.05, 4.69) is 43.1 Å². The first kappa shape index (κ1) is 17.3. The van der Waals surface area contributed by atoms with Crippen LogP contribution in [0.25, 0.3) is 0 Å². The number of hydrogen-bond acceptors (Lipinski definition) is 7. The number of rotatable bonds is 0. The Bertz CT molecular complexity index is 887. The van der Waals surface area contributed by atoms with Crippen molar-refractivity contribution in [1.29, 1.82) is 0 Å². The third kappa shape index (κ3) is 4.53. The lowest BCUT2D eigenvalue weighted by Crippen LogP contribution is -2.18. The molecule has 140 valence electrons. The lowest BCUT2D eigenvalue weighted by atomic mass is 10.1. The van der Waals surface area contributed by atoms with Crippen molar-refractivity contribution >= 4 is 28.8 Å². The lowest BCUT2D eigenvalue weighted by Gasteiger charge is -2.11. The van der Waals surface area contributed by atoms with E-state index in [1.807, 2.05) is 23.0 Å². The van der Waals surface area contributed by atoms with Gasteiger partial charge in [0.05, 0.1) is 23.8 Å². The first-order chi connectivity index (χ1) is 13.3. The maximum atomic E-state index is 6.04. The molecule has 0 fully saturated rings. The van der Waals surface area contributed by atoms with E-state index in [-0.39, 0.29) is 0 Å². The third-order valence-electron chi connectivity index (χ3n) is 4.50. The summed E-state index contributed by atoms with van der Waals surface area (Å²) in [6, 6.07) is 8.34. The molecule has 27 heavy (non-hydrogen) atoms. The van der Waals surface area contributed by atoms with Crippen molar-refractivity contribution in [2.45, 2.75) is 25.8 Å². The highest BCUT2D eigenvalue weighted by Crippen LogP contribution is 2.23. The van der Waals surface area contributed by atoms with Crippen LogP contribution in [0.1, 0.15) is 18.4 Å². The van der Waals surface area contributed by atoms with Crippen LogP contribution in [0, 0.1) is 0 Å². The summed E-state index contributed by atoms with van der Waals surface area (Å²) in [5.41, 5.74) is 9.62. The van der Waals surface area contributed by atoms with Crippen LogP contribution >= 0.6 is 0 Å². The van der Waals surface area contributed by atoms with Gasteiger partial charge in [-0.25, -0.2) is 4.98 Å². The van der Waals surface area contributed by atoms with Gasteiger partial charge in [-0.3, -0.25) is 4.68 Å². The summed E-state index contributed by atoms with van der Waals surface area (Å²) in [4.78, 5) is 8.76. The molecule has 4 heterocycles. The molecule has 0 amide bonds. The number of hydrogen-bond donors (Lipinski definition) is 4. The molecule has 2 aliphatic rings. The van der Waals surface area contributed by atoms with Gasteiger partial charge in [0.15, 0.2) is 5.82 Å². The summed E-state index contributed by atoms with van der Waals surface area (Å²) in [5.74, 6) is 1.05. The number of fused-ring (bicyclic) bond motifs is 8. The van der Waals surface area contributed by atoms with E-state index in [0.717, 1.165) is 50.3 Å². The van der Waals surface area contributed by atoms with Gasteiger partial charge in [0.2, 0.25) is 5.95 Å². The largest absolute Gasteiger partial charge is 0.394 e. The number of nitrogen functional groups attached to an aromatic ring is 1. The number of nitrogens with one attached hydrogen (secondary N) is 3. The minimum atomic E-state index is 0.477. The molecule has 8 heteroatoms. The third-order valence-corrected chi connectivity index (χ3v) is 4.50. The van der Waals surface area contributed by atoms with Crippen LogP contribution in [0.4, 0.5) is 28.8 Å². The van der Waals surface area contributed by atoms with Crippen LogP contribution in [-0.2, 0) is 13.0 Å². The standard InChI is InChI=1S/C19H24N8/c20-17-12-22-19-25-16-11-23-27(13-16)10-2-1-8-21-9-7-14-3-5-15(6-4-14)24-18(17)26-19/h3-6,11-13,21H,1-2,7-10,20H2,(H2,22,24,25,26). The minimum absolute atomic E-state index is 0.477. The highest BCUT2D eigenvalue weighted by Gasteiger charge is 2.07. The van der Waals surface area contributed by atoms with Crippen molar-refractivity contribution in [2.24, 2.45) is 0 Å². The fourth-order valence-corrected chi connectivity index (χ4v) is 3.00. The van der Waals surface area contributed by atoms with Crippen LogP contribution in [0.15, 0.2) is 42.9 Å². The summed E-state index contributed by atoms with van der Waals surface area (Å²) in [6.07, 6.45) is 8.55. The summed E-state index contributed by atoms with van der Waals surface area (Å²) in [6.45, 7) is 2.88. The smallest absolute Gasteiger partial charge is 0.229 e. The van der Waals surface area contributed by atoms with E-state index in [4.69, 9.17) is 5.73 Å². The molecule has 0 unspecified atom stereocenters. The molecule has 0 saturated carbocycles. The van der Waals surface area contributed by atoms with Crippen LogP contribution < -0.4 is 21.7 Å². The SMILES string of the molecule is Nc1cnc2nc1Nc1ccc(cc1)CCNCCCCn1cc(cn1)N2. The van der Waals surface area contributed by atoms with Crippen molar-refractivity contribution in [3.8, 4) is 0 Å². The van der Waals surface area contributed by atoms with Gasteiger partial charge in [-0.2, -0.15) is 10.1 Å². The molecule has 0 atom stereocenters. The van der Waals surface area contributed by atoms with E-state index < -0.39 is 0 Å². The molecule has 6 bridgehead atoms. The number of anilines is 5. The number of aryl methyl sites for hydroxylation is 1. The maximum Gasteiger partial charge on any atom is 0.229 e. The monoisotopic (exact) mass is 364 g/mol. The van der Waals surface area contributed by atoms with E-state index in [9.17, 15) is 0 Å². The van der Waals surface area contributed by atoms with Crippen molar-refractivity contribution in [3.63, 3.8) is 0 Å². The van der Waals surface area contributed by atoms with E-state index >= 15 is 0 Å². The molecule has 0 spiro atoms. The van der Waals surface area contributed by atoms with Crippen molar-refractivity contribution in [2.75, 3.05) is 29.5 Å². The van der Waals surface area contributed by atoms with E-state index in [1.165, 1.54) is 5.56 Å². The van der Waals surface area contributed by atoms with E-state index in [1.54, 1.807) is 12.4 Å². The Morgan fingerprint density at radius 1 is 0.963 bits per heavy atom. The number of nitrogens with zero attached hydrogens (tertiary/aromatic N) is 4. The van der Waals surface area contributed by atoms with Crippen LogP contribution in [-0.4, -0.2) is 32.8 Å². The molecular weight excluding hydrogens is 340 g/mol. The zero-order valence-corrected chi connectivity index (χ0v) is 15.2. The van der Waals surface area contributed by atoms with Crippen LogP contribution in [0.2, 0.25) is 0 Å². The first-order valence-electron chi connectivity index (χ1n) is 9.25. The van der Waals surface area contributed by atoms with E-state index in [0.29, 0.717) is 17.5 Å². The number of aromatic nitrogens is 4.